The number of anilines is 1. The fourth-order valence-electron chi connectivity index (χ4n) is 4.04. The zero-order chi connectivity index (χ0) is 21.7. The van der Waals surface area contributed by atoms with E-state index in [4.69, 9.17) is 10.5 Å². The number of ether oxygens (including phenoxy) is 1. The van der Waals surface area contributed by atoms with Gasteiger partial charge in [-0.1, -0.05) is 29.0 Å². The average Bonchev–Trinajstić information content (AvgIpc) is 3.32. The Bertz CT molecular complexity index is 1360. The number of pyridine rings is 1. The summed E-state index contributed by atoms with van der Waals surface area (Å²) in [6, 6.07) is 10.2. The number of aryl methyl sites for hydroxylation is 2. The van der Waals surface area contributed by atoms with Crippen LogP contribution in [0.4, 0.5) is 5.82 Å². The van der Waals surface area contributed by atoms with Crippen LogP contribution in [0.1, 0.15) is 35.5 Å². The third-order valence-electron chi connectivity index (χ3n) is 5.54. The van der Waals surface area contributed by atoms with Crippen molar-refractivity contribution in [1.82, 2.24) is 29.8 Å². The first-order chi connectivity index (χ1) is 15.0. The monoisotopic (exact) mass is 412 g/mol. The number of nitrogens with two attached hydrogens (primary N) is 1. The molecule has 0 spiro atoms. The van der Waals surface area contributed by atoms with E-state index in [1.54, 1.807) is 28.8 Å². The van der Waals surface area contributed by atoms with Crippen LogP contribution in [0.15, 0.2) is 36.7 Å². The van der Waals surface area contributed by atoms with E-state index in [0.29, 0.717) is 34.8 Å². The van der Waals surface area contributed by atoms with E-state index in [1.807, 2.05) is 32.0 Å². The molecule has 0 unspecified atom stereocenters. The second-order valence-corrected chi connectivity index (χ2v) is 7.64. The predicted molar refractivity (Wildman–Crippen MR) is 114 cm³/mol. The van der Waals surface area contributed by atoms with Crippen molar-refractivity contribution in [3.63, 3.8) is 0 Å². The molecule has 31 heavy (non-hydrogen) atoms. The molecule has 2 N–H and O–H groups in total. The van der Waals surface area contributed by atoms with Crippen LogP contribution < -0.4 is 10.5 Å². The Balaban J connectivity index is 1.83. The molecule has 1 atom stereocenters. The fourth-order valence-corrected chi connectivity index (χ4v) is 4.04. The first-order valence-corrected chi connectivity index (χ1v) is 9.84. The number of aromatic nitrogens is 6. The van der Waals surface area contributed by atoms with Crippen LogP contribution in [0.2, 0.25) is 0 Å². The quantitative estimate of drug-likeness (QED) is 0.471. The Kier molecular flexibility index (Phi) is 4.22. The number of nitrogens with zero attached hydrogens (tertiary/aromatic N) is 7. The number of rotatable bonds is 0. The van der Waals surface area contributed by atoms with Crippen molar-refractivity contribution in [3.8, 4) is 34.2 Å². The summed E-state index contributed by atoms with van der Waals surface area (Å²) < 4.78 is 9.64. The number of benzene rings is 1. The molecule has 4 heterocycles. The molecular weight excluding hydrogens is 392 g/mol. The lowest BCUT2D eigenvalue weighted by atomic mass is 9.97. The molecule has 1 aromatic carbocycles. The molecule has 0 fully saturated rings. The molecule has 5 rings (SSSR count). The van der Waals surface area contributed by atoms with Gasteiger partial charge in [-0.3, -0.25) is 4.68 Å². The maximum atomic E-state index is 9.77. The predicted octanol–water partition coefficient (Wildman–Crippen LogP) is 3.00. The molecule has 1 aliphatic heterocycles. The summed E-state index contributed by atoms with van der Waals surface area (Å²) >= 11 is 0. The summed E-state index contributed by atoms with van der Waals surface area (Å²) in [5, 5.41) is 22.8. The summed E-state index contributed by atoms with van der Waals surface area (Å²) in [6.45, 7) is 4.36. The summed E-state index contributed by atoms with van der Waals surface area (Å²) in [6.07, 6.45) is 3.07. The van der Waals surface area contributed by atoms with E-state index in [0.717, 1.165) is 22.4 Å². The van der Waals surface area contributed by atoms with Gasteiger partial charge >= 0.3 is 0 Å². The Morgan fingerprint density at radius 3 is 2.90 bits per heavy atom. The average molecular weight is 412 g/mol. The Hall–Kier alpha value is -4.19. The molecule has 154 valence electrons. The highest BCUT2D eigenvalue weighted by atomic mass is 16.5. The molecule has 0 saturated carbocycles. The van der Waals surface area contributed by atoms with Gasteiger partial charge in [-0.2, -0.15) is 10.4 Å². The molecule has 0 amide bonds. The van der Waals surface area contributed by atoms with E-state index in [2.05, 4.69) is 32.5 Å². The molecule has 2 bridgehead atoms. The standard InChI is InChI=1S/C22H20N8O/c1-12-4-5-15-16(6-12)13(2)31-20-7-14(9-25-22(20)24)21-17(27-29(3)18(21)8-23)11-30-19(15)10-26-28-30/h4-7,9-10,13H,11H2,1-3H3,(H2,24,25)/t13-/m1/s1. The summed E-state index contributed by atoms with van der Waals surface area (Å²) in [5.74, 6) is 0.751. The van der Waals surface area contributed by atoms with Crippen molar-refractivity contribution in [2.45, 2.75) is 26.5 Å². The molecular formula is C22H20N8O. The van der Waals surface area contributed by atoms with E-state index in [-0.39, 0.29) is 11.9 Å². The highest BCUT2D eigenvalue weighted by Gasteiger charge is 2.24. The van der Waals surface area contributed by atoms with Crippen LogP contribution in [0.5, 0.6) is 5.75 Å². The van der Waals surface area contributed by atoms with Gasteiger partial charge in [0.15, 0.2) is 11.6 Å². The smallest absolute Gasteiger partial charge is 0.166 e. The normalized spacial score (nSPS) is 14.8. The first-order valence-electron chi connectivity index (χ1n) is 9.84. The van der Waals surface area contributed by atoms with Crippen LogP contribution in [-0.4, -0.2) is 29.8 Å². The molecule has 0 radical (unpaired) electrons. The third kappa shape index (κ3) is 3.00. The minimum atomic E-state index is -0.305. The van der Waals surface area contributed by atoms with Crippen LogP contribution in [0.3, 0.4) is 0 Å². The van der Waals surface area contributed by atoms with Crippen LogP contribution >= 0.6 is 0 Å². The lowest BCUT2D eigenvalue weighted by Crippen LogP contribution is -2.11. The zero-order valence-electron chi connectivity index (χ0n) is 17.4. The van der Waals surface area contributed by atoms with Gasteiger partial charge in [0.25, 0.3) is 0 Å². The van der Waals surface area contributed by atoms with Crippen molar-refractivity contribution >= 4 is 5.82 Å². The van der Waals surface area contributed by atoms with Crippen molar-refractivity contribution in [2.75, 3.05) is 5.73 Å². The minimum absolute atomic E-state index is 0.289. The van der Waals surface area contributed by atoms with Gasteiger partial charge in [0.1, 0.15) is 17.9 Å². The van der Waals surface area contributed by atoms with Gasteiger partial charge in [0, 0.05) is 35.5 Å². The largest absolute Gasteiger partial charge is 0.482 e. The number of hydrogen-bond acceptors (Lipinski definition) is 7. The maximum absolute atomic E-state index is 9.77. The van der Waals surface area contributed by atoms with E-state index < -0.39 is 0 Å². The summed E-state index contributed by atoms with van der Waals surface area (Å²) in [5.41, 5.74) is 12.6. The fraction of sp³-hybridized carbons (Fsp3) is 0.227. The number of nitrogen functional groups attached to an aromatic ring is 1. The Morgan fingerprint density at radius 1 is 1.26 bits per heavy atom. The zero-order valence-corrected chi connectivity index (χ0v) is 17.4. The second kappa shape index (κ2) is 6.95. The van der Waals surface area contributed by atoms with Crippen LogP contribution in [-0.2, 0) is 13.6 Å². The molecule has 3 aromatic heterocycles. The van der Waals surface area contributed by atoms with Crippen molar-refractivity contribution in [1.29, 1.82) is 5.26 Å². The minimum Gasteiger partial charge on any atom is -0.482 e. The van der Waals surface area contributed by atoms with Crippen LogP contribution in [0.25, 0.3) is 22.4 Å². The van der Waals surface area contributed by atoms with Gasteiger partial charge in [0.2, 0.25) is 0 Å². The Morgan fingerprint density at radius 2 is 2.10 bits per heavy atom. The Labute approximate surface area is 178 Å². The topological polar surface area (TPSA) is 120 Å². The molecule has 9 heteroatoms. The first kappa shape index (κ1) is 18.8. The number of hydrogen-bond donors (Lipinski definition) is 1. The second-order valence-electron chi connectivity index (χ2n) is 7.64. The third-order valence-corrected chi connectivity index (χ3v) is 5.54. The van der Waals surface area contributed by atoms with Gasteiger partial charge in [-0.15, -0.1) is 5.10 Å². The lowest BCUT2D eigenvalue weighted by molar-refractivity contribution is 0.228. The van der Waals surface area contributed by atoms with E-state index in [1.165, 1.54) is 0 Å². The van der Waals surface area contributed by atoms with Gasteiger partial charge in [-0.05, 0) is 19.9 Å². The SMILES string of the molecule is Cc1ccc2c(c1)[C@@H](C)Oc1cc(cnc1N)-c1c(nn(C)c1C#N)Cn1nncc1-2. The van der Waals surface area contributed by atoms with Crippen molar-refractivity contribution in [3.05, 3.63) is 59.2 Å². The molecule has 0 aliphatic carbocycles. The molecule has 4 aromatic rings. The van der Waals surface area contributed by atoms with E-state index in [9.17, 15) is 5.26 Å². The van der Waals surface area contributed by atoms with Crippen molar-refractivity contribution in [2.24, 2.45) is 7.05 Å². The highest BCUT2D eigenvalue weighted by molar-refractivity contribution is 5.74. The maximum Gasteiger partial charge on any atom is 0.166 e. The van der Waals surface area contributed by atoms with Gasteiger partial charge in [0.05, 0.1) is 24.1 Å². The number of fused-ring (bicyclic) bond motifs is 7. The molecule has 9 nitrogen and oxygen atoms in total. The molecule has 1 aliphatic rings. The lowest BCUT2D eigenvalue weighted by Gasteiger charge is -2.21. The van der Waals surface area contributed by atoms with Gasteiger partial charge in [-0.25, -0.2) is 9.67 Å². The van der Waals surface area contributed by atoms with Crippen molar-refractivity contribution < 1.29 is 4.74 Å². The molecule has 0 saturated heterocycles. The van der Waals surface area contributed by atoms with Gasteiger partial charge < -0.3 is 10.5 Å². The summed E-state index contributed by atoms with van der Waals surface area (Å²) in [7, 11) is 1.74. The van der Waals surface area contributed by atoms with E-state index >= 15 is 0 Å². The van der Waals surface area contributed by atoms with Crippen LogP contribution in [0, 0.1) is 18.3 Å². The number of nitriles is 1. The highest BCUT2D eigenvalue weighted by Crippen LogP contribution is 2.37. The summed E-state index contributed by atoms with van der Waals surface area (Å²) in [4.78, 5) is 4.33.